The molecule has 12 nitrogen and oxygen atoms in total. The number of carbonyl (C=O) groups is 5. The van der Waals surface area contributed by atoms with Crippen LogP contribution in [-0.4, -0.2) is 63.8 Å². The Bertz CT molecular complexity index is 2330. The summed E-state index contributed by atoms with van der Waals surface area (Å²) in [5.41, 5.74) is 5.57. The molecule has 5 rings (SSSR count). The molecule has 0 bridgehead atoms. The first-order chi connectivity index (χ1) is 27.3. The molecule has 2 aliphatic carbocycles. The number of aromatic carboxylic acids is 1. The number of aromatic hydroxyl groups is 1. The highest BCUT2D eigenvalue weighted by molar-refractivity contribution is 9.10. The number of carboxylic acids is 2. The van der Waals surface area contributed by atoms with Crippen LogP contribution in [0.4, 0.5) is 0 Å². The van der Waals surface area contributed by atoms with Gasteiger partial charge < -0.3 is 34.6 Å². The number of allylic oxidation sites excluding steroid dienone is 2. The number of rotatable bonds is 10. The van der Waals surface area contributed by atoms with Crippen LogP contribution >= 0.6 is 15.9 Å². The zero-order chi connectivity index (χ0) is 43.5. The molecule has 2 aliphatic rings. The third-order valence-electron chi connectivity index (χ3n) is 10.7. The number of ketones is 1. The summed E-state index contributed by atoms with van der Waals surface area (Å²) in [6, 6.07) is 1.54. The van der Waals surface area contributed by atoms with Crippen molar-refractivity contribution in [2.45, 2.75) is 81.6 Å². The lowest BCUT2D eigenvalue weighted by atomic mass is 9.92. The Morgan fingerprint density at radius 3 is 1.90 bits per heavy atom. The highest BCUT2D eigenvalue weighted by Crippen LogP contribution is 2.40. The van der Waals surface area contributed by atoms with Crippen molar-refractivity contribution in [3.8, 4) is 29.1 Å². The fourth-order valence-corrected chi connectivity index (χ4v) is 7.70. The van der Waals surface area contributed by atoms with Gasteiger partial charge in [0.05, 0.1) is 27.8 Å². The molecule has 1 atom stereocenters. The fourth-order valence-electron chi connectivity index (χ4n) is 7.01. The molecule has 0 radical (unpaired) electrons. The number of phenols is 1. The van der Waals surface area contributed by atoms with E-state index in [1.807, 2.05) is 0 Å². The van der Waals surface area contributed by atoms with Crippen LogP contribution in [0.5, 0.6) is 17.2 Å². The minimum atomic E-state index is -1.15. The average Bonchev–Trinajstić information content (AvgIpc) is 3.98. The maximum atomic E-state index is 13.9. The normalized spacial score (nSPS) is 14.6. The van der Waals surface area contributed by atoms with Crippen molar-refractivity contribution in [2.24, 2.45) is 11.8 Å². The van der Waals surface area contributed by atoms with E-state index in [9.17, 15) is 39.3 Å². The van der Waals surface area contributed by atoms with Crippen molar-refractivity contribution in [3.05, 3.63) is 106 Å². The number of ether oxygens (including phenoxy) is 3. The number of hydrogen-bond donors (Lipinski definition) is 4. The third kappa shape index (κ3) is 9.03. The van der Waals surface area contributed by atoms with E-state index in [1.165, 1.54) is 12.1 Å². The number of carboxylic acid groups (broad SMARTS) is 2. The fraction of sp³-hybridized carbons (Fsp3) is 0.356. The molecule has 0 aliphatic heterocycles. The number of aliphatic hydroxyl groups excluding tert-OH is 1. The Morgan fingerprint density at radius 1 is 0.776 bits per heavy atom. The molecule has 1 saturated carbocycles. The standard InChI is InChI=1S/C44H43BrO11.CH4O/c1-19-16-29(46)18-33(35(19)41(48)49)54-15-14-31-21(3)22(4)37(39(47)38(31)45)44(53)55-32-17-20(2)34(27(9)30(32)13-12-28-10-11-28)43(52)56-40-25(7)23(5)36(42(50)51)24(6)26(40)8;1-2/h16-18,28,35,47H,10-11,14-15H2,1-9H3,(H,48,49)(H,50,51);2H,1H3. The molecule has 1 unspecified atom stereocenters. The van der Waals surface area contributed by atoms with Crippen LogP contribution in [0, 0.1) is 79.1 Å². The van der Waals surface area contributed by atoms with Crippen LogP contribution in [0.15, 0.2) is 34.0 Å². The van der Waals surface area contributed by atoms with Crippen LogP contribution < -0.4 is 9.47 Å². The van der Waals surface area contributed by atoms with Gasteiger partial charge in [-0.3, -0.25) is 9.59 Å². The zero-order valence-corrected chi connectivity index (χ0v) is 35.7. The largest absolute Gasteiger partial charge is 0.506 e. The lowest BCUT2D eigenvalue weighted by Crippen LogP contribution is -2.24. The summed E-state index contributed by atoms with van der Waals surface area (Å²) in [6.07, 6.45) is 4.47. The first kappa shape index (κ1) is 45.0. The van der Waals surface area contributed by atoms with Crippen molar-refractivity contribution in [2.75, 3.05) is 13.7 Å². The maximum absolute atomic E-state index is 13.9. The zero-order valence-electron chi connectivity index (χ0n) is 34.1. The summed E-state index contributed by atoms with van der Waals surface area (Å²) >= 11 is 3.43. The number of aliphatic carboxylic acids is 1. The first-order valence-electron chi connectivity index (χ1n) is 18.4. The van der Waals surface area contributed by atoms with Gasteiger partial charge in [-0.25, -0.2) is 14.4 Å². The number of hydrogen-bond acceptors (Lipinski definition) is 10. The van der Waals surface area contributed by atoms with E-state index in [0.29, 0.717) is 61.2 Å². The second-order valence-electron chi connectivity index (χ2n) is 14.4. The molecule has 3 aromatic rings. The summed E-state index contributed by atoms with van der Waals surface area (Å²) in [5, 5.41) is 37.8. The molecular formula is C45H47BrO12. The summed E-state index contributed by atoms with van der Waals surface area (Å²) in [7, 11) is 1.00. The van der Waals surface area contributed by atoms with E-state index in [0.717, 1.165) is 26.0 Å². The minimum absolute atomic E-state index is 0.0133. The van der Waals surface area contributed by atoms with E-state index in [-0.39, 0.29) is 68.9 Å². The van der Waals surface area contributed by atoms with Crippen molar-refractivity contribution in [3.63, 3.8) is 0 Å². The van der Waals surface area contributed by atoms with Gasteiger partial charge in [0.25, 0.3) is 0 Å². The molecule has 1 fully saturated rings. The molecule has 4 N–H and O–H groups in total. The predicted octanol–water partition coefficient (Wildman–Crippen LogP) is 7.80. The number of aliphatic hydroxyl groups is 1. The van der Waals surface area contributed by atoms with Gasteiger partial charge in [0.15, 0.2) is 5.78 Å². The van der Waals surface area contributed by atoms with E-state index >= 15 is 0 Å². The van der Waals surface area contributed by atoms with Crippen LogP contribution in [-0.2, 0) is 20.7 Å². The van der Waals surface area contributed by atoms with E-state index in [1.54, 1.807) is 62.3 Å². The minimum Gasteiger partial charge on any atom is -0.506 e. The Kier molecular flexibility index (Phi) is 14.2. The number of esters is 2. The van der Waals surface area contributed by atoms with E-state index in [2.05, 4.69) is 27.8 Å². The number of halogens is 1. The molecule has 0 saturated heterocycles. The summed E-state index contributed by atoms with van der Waals surface area (Å²) in [5.74, 6) is 1.29. The highest BCUT2D eigenvalue weighted by atomic mass is 79.9. The molecule has 0 amide bonds. The first-order valence-corrected chi connectivity index (χ1v) is 19.2. The SMILES string of the molecule is CC1=CC(=O)C=C(OCCc2c(C)c(C)c(C(=O)Oc3cc(C)c(C(=O)Oc4c(C)c(C)c(C(=O)O)c(C)c4C)c(C)c3C#CC3CC3)c(O)c2Br)C1C(=O)O.CO. The van der Waals surface area contributed by atoms with Crippen molar-refractivity contribution in [1.29, 1.82) is 0 Å². The van der Waals surface area contributed by atoms with Crippen molar-refractivity contribution >= 4 is 45.6 Å². The van der Waals surface area contributed by atoms with Gasteiger partial charge in [-0.1, -0.05) is 11.8 Å². The molecule has 0 spiro atoms. The predicted molar refractivity (Wildman–Crippen MR) is 219 cm³/mol. The Morgan fingerprint density at radius 2 is 1.34 bits per heavy atom. The van der Waals surface area contributed by atoms with Gasteiger partial charge in [-0.05, 0) is 159 Å². The van der Waals surface area contributed by atoms with Gasteiger partial charge in [0, 0.05) is 25.5 Å². The van der Waals surface area contributed by atoms with Crippen LogP contribution in [0.2, 0.25) is 0 Å². The van der Waals surface area contributed by atoms with E-state index in [4.69, 9.17) is 19.3 Å². The molecule has 3 aromatic carbocycles. The Labute approximate surface area is 345 Å². The highest BCUT2D eigenvalue weighted by Gasteiger charge is 2.32. The van der Waals surface area contributed by atoms with Crippen LogP contribution in [0.3, 0.4) is 0 Å². The smallest absolute Gasteiger partial charge is 0.347 e. The van der Waals surface area contributed by atoms with E-state index < -0.39 is 29.8 Å². The summed E-state index contributed by atoms with van der Waals surface area (Å²) in [4.78, 5) is 63.7. The molecule has 13 heteroatoms. The van der Waals surface area contributed by atoms with Crippen LogP contribution in [0.25, 0.3) is 0 Å². The van der Waals surface area contributed by atoms with Gasteiger partial charge in [-0.15, -0.1) is 0 Å². The Hall–Kier alpha value is -5.71. The van der Waals surface area contributed by atoms with Gasteiger partial charge >= 0.3 is 23.9 Å². The number of aryl methyl sites for hydroxylation is 1. The number of phenolic OH excluding ortho intramolecular Hbond substituents is 1. The second-order valence-corrected chi connectivity index (χ2v) is 15.2. The lowest BCUT2D eigenvalue weighted by Gasteiger charge is -2.22. The summed E-state index contributed by atoms with van der Waals surface area (Å²) < 4.78 is 18.0. The van der Waals surface area contributed by atoms with Crippen LogP contribution in [0.1, 0.15) is 106 Å². The van der Waals surface area contributed by atoms with Gasteiger partial charge in [0.2, 0.25) is 0 Å². The number of benzene rings is 3. The second kappa shape index (κ2) is 18.3. The third-order valence-corrected chi connectivity index (χ3v) is 11.5. The van der Waals surface area contributed by atoms with Crippen molar-refractivity contribution in [1.82, 2.24) is 0 Å². The topological polar surface area (TPSA) is 194 Å². The monoisotopic (exact) mass is 858 g/mol. The lowest BCUT2D eigenvalue weighted by molar-refractivity contribution is -0.140. The Balaban J connectivity index is 0.00000366. The van der Waals surface area contributed by atoms with Gasteiger partial charge in [-0.2, -0.15) is 0 Å². The van der Waals surface area contributed by atoms with Crippen molar-refractivity contribution < 1.29 is 58.6 Å². The maximum Gasteiger partial charge on any atom is 0.347 e. The number of carbonyl (C=O) groups excluding carboxylic acids is 3. The molecule has 0 aromatic heterocycles. The average molecular weight is 860 g/mol. The molecule has 306 valence electrons. The molecule has 58 heavy (non-hydrogen) atoms. The quantitative estimate of drug-likeness (QED) is 0.0880. The van der Waals surface area contributed by atoms with Gasteiger partial charge in [0.1, 0.15) is 34.5 Å². The molecule has 0 heterocycles. The summed E-state index contributed by atoms with van der Waals surface area (Å²) in [6.45, 7) is 15.1. The molecular weight excluding hydrogens is 812 g/mol.